The minimum atomic E-state index is 0.0354. The summed E-state index contributed by atoms with van der Waals surface area (Å²) >= 11 is 0. The minimum absolute atomic E-state index is 0.0354. The molecular formula is C28H27N3O2. The first-order chi connectivity index (χ1) is 16.3. The number of benzene rings is 3. The average Bonchev–Trinajstić information content (AvgIpc) is 2.89. The van der Waals surface area contributed by atoms with Crippen LogP contribution in [0.3, 0.4) is 0 Å². The summed E-state index contributed by atoms with van der Waals surface area (Å²) in [4.78, 5) is 15.2. The quantitative estimate of drug-likeness (QED) is 0.415. The molecule has 1 aromatic heterocycles. The van der Waals surface area contributed by atoms with Gasteiger partial charge in [0.15, 0.2) is 0 Å². The van der Waals surface area contributed by atoms with Crippen LogP contribution in [0.15, 0.2) is 91.1 Å². The fourth-order valence-electron chi connectivity index (χ4n) is 4.57. The molecule has 2 heterocycles. The number of carbonyl (C=O) groups excluding carboxylic acids is 1. The van der Waals surface area contributed by atoms with Crippen molar-refractivity contribution < 1.29 is 9.53 Å². The maximum Gasteiger partial charge on any atom is 0.241 e. The molecule has 1 saturated heterocycles. The van der Waals surface area contributed by atoms with E-state index in [4.69, 9.17) is 4.74 Å². The van der Waals surface area contributed by atoms with Crippen LogP contribution in [0.2, 0.25) is 0 Å². The Balaban J connectivity index is 1.23. The molecule has 0 spiro atoms. The van der Waals surface area contributed by atoms with Crippen LogP contribution in [-0.2, 0) is 4.79 Å². The second-order valence-corrected chi connectivity index (χ2v) is 8.51. The number of rotatable bonds is 6. The number of likely N-dealkylation sites (tertiary alicyclic amines) is 1. The smallest absolute Gasteiger partial charge is 0.241 e. The number of piperidine rings is 1. The summed E-state index contributed by atoms with van der Waals surface area (Å²) in [6, 6.07) is 28.6. The number of fused-ring (bicyclic) bond motifs is 1. The topological polar surface area (TPSA) is 55.3 Å². The van der Waals surface area contributed by atoms with Crippen molar-refractivity contribution in [1.82, 2.24) is 15.1 Å². The number of nitrogens with zero attached hydrogens (tertiary/aromatic N) is 3. The molecule has 0 radical (unpaired) electrons. The summed E-state index contributed by atoms with van der Waals surface area (Å²) in [5.74, 6) is 0.821. The Hall–Kier alpha value is -3.73. The van der Waals surface area contributed by atoms with E-state index in [1.54, 1.807) is 6.20 Å². The lowest BCUT2D eigenvalue weighted by Crippen LogP contribution is -2.42. The molecule has 0 atom stereocenters. The lowest BCUT2D eigenvalue weighted by Gasteiger charge is -2.33. The van der Waals surface area contributed by atoms with Crippen molar-refractivity contribution in [1.29, 1.82) is 0 Å². The molecule has 0 bridgehead atoms. The molecule has 166 valence electrons. The summed E-state index contributed by atoms with van der Waals surface area (Å²) in [7, 11) is 0. The van der Waals surface area contributed by atoms with Gasteiger partial charge in [0.05, 0.1) is 6.20 Å². The molecule has 1 amide bonds. The number of hydrogen-bond donors (Lipinski definition) is 0. The molecular weight excluding hydrogens is 410 g/mol. The van der Waals surface area contributed by atoms with Gasteiger partial charge in [-0.25, -0.2) is 0 Å². The highest BCUT2D eigenvalue weighted by molar-refractivity contribution is 5.85. The van der Waals surface area contributed by atoms with Gasteiger partial charge >= 0.3 is 0 Å². The van der Waals surface area contributed by atoms with Gasteiger partial charge in [-0.05, 0) is 17.2 Å². The van der Waals surface area contributed by atoms with E-state index < -0.39 is 0 Å². The Labute approximate surface area is 194 Å². The number of ether oxygens (including phenoxy) is 1. The Kier molecular flexibility index (Phi) is 6.29. The van der Waals surface area contributed by atoms with E-state index >= 15 is 0 Å². The summed E-state index contributed by atoms with van der Waals surface area (Å²) in [5, 5.41) is 10.3. The zero-order chi connectivity index (χ0) is 22.5. The van der Waals surface area contributed by atoms with E-state index in [2.05, 4.69) is 34.5 Å². The summed E-state index contributed by atoms with van der Waals surface area (Å²) in [5.41, 5.74) is 2.34. The van der Waals surface area contributed by atoms with E-state index in [-0.39, 0.29) is 17.9 Å². The van der Waals surface area contributed by atoms with E-state index in [0.717, 1.165) is 23.6 Å². The van der Waals surface area contributed by atoms with Crippen LogP contribution in [0.4, 0.5) is 0 Å². The second-order valence-electron chi connectivity index (χ2n) is 8.51. The molecule has 5 heteroatoms. The predicted molar refractivity (Wildman–Crippen MR) is 129 cm³/mol. The van der Waals surface area contributed by atoms with Gasteiger partial charge in [0.1, 0.15) is 6.10 Å². The zero-order valence-electron chi connectivity index (χ0n) is 18.5. The number of aromatic nitrogens is 2. The Morgan fingerprint density at radius 1 is 0.879 bits per heavy atom. The van der Waals surface area contributed by atoms with Crippen molar-refractivity contribution in [2.24, 2.45) is 0 Å². The van der Waals surface area contributed by atoms with Gasteiger partial charge in [-0.2, -0.15) is 5.10 Å². The predicted octanol–water partition coefficient (Wildman–Crippen LogP) is 5.22. The van der Waals surface area contributed by atoms with Crippen LogP contribution in [-0.4, -0.2) is 40.2 Å². The highest BCUT2D eigenvalue weighted by atomic mass is 16.5. The van der Waals surface area contributed by atoms with Crippen LogP contribution in [0.1, 0.15) is 36.3 Å². The molecule has 1 aliphatic heterocycles. The van der Waals surface area contributed by atoms with Crippen molar-refractivity contribution in [3.63, 3.8) is 0 Å². The normalized spacial score (nSPS) is 14.5. The first-order valence-corrected chi connectivity index (χ1v) is 11.5. The summed E-state index contributed by atoms with van der Waals surface area (Å²) < 4.78 is 6.20. The van der Waals surface area contributed by atoms with Crippen molar-refractivity contribution in [3.05, 3.63) is 102 Å². The van der Waals surface area contributed by atoms with Gasteiger partial charge < -0.3 is 9.64 Å². The third-order valence-corrected chi connectivity index (χ3v) is 6.39. The second kappa shape index (κ2) is 9.82. The van der Waals surface area contributed by atoms with Crippen molar-refractivity contribution >= 4 is 16.7 Å². The highest BCUT2D eigenvalue weighted by Crippen LogP contribution is 2.30. The summed E-state index contributed by atoms with van der Waals surface area (Å²) in [6.45, 7) is 1.38. The maximum absolute atomic E-state index is 13.3. The lowest BCUT2D eigenvalue weighted by atomic mass is 9.88. The molecule has 5 nitrogen and oxygen atoms in total. The molecule has 0 N–H and O–H groups in total. The fraction of sp³-hybridized carbons (Fsp3) is 0.250. The largest absolute Gasteiger partial charge is 0.473 e. The maximum atomic E-state index is 13.3. The summed E-state index contributed by atoms with van der Waals surface area (Å²) in [6.07, 6.45) is 3.83. The SMILES string of the molecule is O=C(CC(c1ccccc1)c1ccccc1)N1CCC(Oc2nncc3ccccc23)CC1. The molecule has 33 heavy (non-hydrogen) atoms. The van der Waals surface area contributed by atoms with Gasteiger partial charge in [0, 0.05) is 49.0 Å². The van der Waals surface area contributed by atoms with E-state index in [1.165, 1.54) is 11.1 Å². The van der Waals surface area contributed by atoms with E-state index in [9.17, 15) is 4.79 Å². The van der Waals surface area contributed by atoms with Gasteiger partial charge in [0.2, 0.25) is 11.8 Å². The standard InChI is InChI=1S/C28H27N3O2/c32-27(19-26(21-9-3-1-4-10-21)22-11-5-2-6-12-22)31-17-15-24(16-18-31)33-28-25-14-8-7-13-23(25)20-29-30-28/h1-14,20,24,26H,15-19H2. The van der Waals surface area contributed by atoms with Gasteiger partial charge in [-0.15, -0.1) is 5.10 Å². The Bertz CT molecular complexity index is 1160. The number of hydrogen-bond acceptors (Lipinski definition) is 4. The highest BCUT2D eigenvalue weighted by Gasteiger charge is 2.27. The third-order valence-electron chi connectivity index (χ3n) is 6.39. The van der Waals surface area contributed by atoms with Crippen LogP contribution in [0, 0.1) is 0 Å². The zero-order valence-corrected chi connectivity index (χ0v) is 18.5. The monoisotopic (exact) mass is 437 g/mol. The molecule has 0 unspecified atom stereocenters. The molecule has 0 saturated carbocycles. The third kappa shape index (κ3) is 4.87. The van der Waals surface area contributed by atoms with Crippen molar-refractivity contribution in [2.75, 3.05) is 13.1 Å². The van der Waals surface area contributed by atoms with Crippen LogP contribution in [0.25, 0.3) is 10.8 Å². The Morgan fingerprint density at radius 2 is 1.48 bits per heavy atom. The van der Waals surface area contributed by atoms with E-state index in [1.807, 2.05) is 65.6 Å². The van der Waals surface area contributed by atoms with Gasteiger partial charge in [-0.3, -0.25) is 4.79 Å². The van der Waals surface area contributed by atoms with E-state index in [0.29, 0.717) is 25.4 Å². The van der Waals surface area contributed by atoms with Crippen molar-refractivity contribution in [2.45, 2.75) is 31.3 Å². The lowest BCUT2D eigenvalue weighted by molar-refractivity contribution is -0.133. The fourth-order valence-corrected chi connectivity index (χ4v) is 4.57. The van der Waals surface area contributed by atoms with Crippen LogP contribution in [0.5, 0.6) is 5.88 Å². The minimum Gasteiger partial charge on any atom is -0.473 e. The number of amides is 1. The van der Waals surface area contributed by atoms with Crippen LogP contribution >= 0.6 is 0 Å². The number of carbonyl (C=O) groups is 1. The van der Waals surface area contributed by atoms with Gasteiger partial charge in [0.25, 0.3) is 0 Å². The molecule has 1 fully saturated rings. The first-order valence-electron chi connectivity index (χ1n) is 11.5. The molecule has 3 aromatic carbocycles. The average molecular weight is 438 g/mol. The molecule has 1 aliphatic rings. The Morgan fingerprint density at radius 3 is 2.15 bits per heavy atom. The first kappa shape index (κ1) is 21.1. The molecule has 0 aliphatic carbocycles. The molecule has 4 aromatic rings. The van der Waals surface area contributed by atoms with Crippen LogP contribution < -0.4 is 4.74 Å². The molecule has 5 rings (SSSR count). The van der Waals surface area contributed by atoms with Crippen molar-refractivity contribution in [3.8, 4) is 5.88 Å². The van der Waals surface area contributed by atoms with Gasteiger partial charge in [-0.1, -0.05) is 78.9 Å².